The van der Waals surface area contributed by atoms with Crippen LogP contribution >= 0.6 is 0 Å². The van der Waals surface area contributed by atoms with Crippen LogP contribution in [-0.4, -0.2) is 38.8 Å². The van der Waals surface area contributed by atoms with Gasteiger partial charge in [0, 0.05) is 24.2 Å². The maximum absolute atomic E-state index is 9.59. The number of aliphatic hydroxyl groups is 1. The van der Waals surface area contributed by atoms with Crippen molar-refractivity contribution in [2.75, 3.05) is 6.54 Å². The van der Waals surface area contributed by atoms with Gasteiger partial charge in [0.1, 0.15) is 0 Å². The van der Waals surface area contributed by atoms with Crippen LogP contribution in [0.25, 0.3) is 0 Å². The van der Waals surface area contributed by atoms with E-state index in [1.807, 2.05) is 10.9 Å². The van der Waals surface area contributed by atoms with Crippen molar-refractivity contribution in [2.24, 2.45) is 5.41 Å². The summed E-state index contributed by atoms with van der Waals surface area (Å²) in [6.45, 7) is 6.07. The molecule has 0 radical (unpaired) electrons. The molecule has 1 aromatic rings. The molecule has 1 saturated carbocycles. The second-order valence-corrected chi connectivity index (χ2v) is 5.10. The molecule has 0 spiro atoms. The molecule has 5 heteroatoms. The minimum atomic E-state index is -0.152. The second-order valence-electron chi connectivity index (χ2n) is 5.10. The van der Waals surface area contributed by atoms with Gasteiger partial charge in [0.25, 0.3) is 0 Å². The van der Waals surface area contributed by atoms with Crippen LogP contribution in [0.15, 0.2) is 12.4 Å². The van der Waals surface area contributed by atoms with E-state index in [4.69, 9.17) is 0 Å². The zero-order chi connectivity index (χ0) is 11.6. The van der Waals surface area contributed by atoms with Crippen LogP contribution in [0.5, 0.6) is 0 Å². The van der Waals surface area contributed by atoms with Crippen molar-refractivity contribution in [3.8, 4) is 0 Å². The fourth-order valence-electron chi connectivity index (χ4n) is 2.12. The molecule has 1 aromatic heterocycles. The van der Waals surface area contributed by atoms with Gasteiger partial charge in [0.05, 0.1) is 12.3 Å². The van der Waals surface area contributed by atoms with Crippen molar-refractivity contribution in [3.05, 3.63) is 12.4 Å². The molecule has 90 valence electrons. The molecule has 0 bridgehead atoms. The fourth-order valence-corrected chi connectivity index (χ4v) is 2.12. The average Bonchev–Trinajstić information content (AvgIpc) is 2.75. The molecule has 2 rings (SSSR count). The smallest absolute Gasteiger partial charge is 0.0692 e. The molecule has 1 heterocycles. The van der Waals surface area contributed by atoms with E-state index < -0.39 is 0 Å². The number of aliphatic hydroxyl groups excluding tert-OH is 1. The molecule has 2 unspecified atom stereocenters. The van der Waals surface area contributed by atoms with Crippen LogP contribution in [0.4, 0.5) is 0 Å². The summed E-state index contributed by atoms with van der Waals surface area (Å²) < 4.78 is 1.84. The first-order valence-corrected chi connectivity index (χ1v) is 5.86. The Morgan fingerprint density at radius 2 is 2.38 bits per heavy atom. The van der Waals surface area contributed by atoms with E-state index >= 15 is 0 Å². The van der Waals surface area contributed by atoms with E-state index in [9.17, 15) is 5.11 Å². The number of hydrogen-bond donors (Lipinski definition) is 2. The Labute approximate surface area is 95.8 Å². The van der Waals surface area contributed by atoms with Crippen molar-refractivity contribution in [1.29, 1.82) is 0 Å². The van der Waals surface area contributed by atoms with Crippen LogP contribution in [0.2, 0.25) is 0 Å². The lowest BCUT2D eigenvalue weighted by molar-refractivity contribution is -0.0723. The van der Waals surface area contributed by atoms with Crippen LogP contribution in [-0.2, 0) is 6.54 Å². The molecular formula is C11H20N4O. The Hall–Kier alpha value is -0.940. The maximum atomic E-state index is 9.59. The molecule has 2 N–H and O–H groups in total. The van der Waals surface area contributed by atoms with E-state index in [2.05, 4.69) is 29.5 Å². The van der Waals surface area contributed by atoms with Crippen LogP contribution in [0, 0.1) is 5.41 Å². The van der Waals surface area contributed by atoms with Gasteiger partial charge < -0.3 is 10.4 Å². The van der Waals surface area contributed by atoms with E-state index in [0.717, 1.165) is 25.9 Å². The number of aromatic nitrogens is 3. The highest BCUT2D eigenvalue weighted by Gasteiger charge is 2.46. The van der Waals surface area contributed by atoms with E-state index in [1.165, 1.54) is 0 Å². The van der Waals surface area contributed by atoms with Crippen molar-refractivity contribution >= 4 is 0 Å². The first kappa shape index (κ1) is 11.5. The lowest BCUT2D eigenvalue weighted by Gasteiger charge is -2.49. The van der Waals surface area contributed by atoms with E-state index in [-0.39, 0.29) is 11.5 Å². The summed E-state index contributed by atoms with van der Waals surface area (Å²) in [7, 11) is 0. The normalized spacial score (nSPS) is 27.7. The lowest BCUT2D eigenvalue weighted by atomic mass is 9.64. The molecule has 1 aliphatic carbocycles. The van der Waals surface area contributed by atoms with Crippen molar-refractivity contribution in [3.63, 3.8) is 0 Å². The molecule has 0 amide bonds. The van der Waals surface area contributed by atoms with Crippen LogP contribution < -0.4 is 5.32 Å². The zero-order valence-corrected chi connectivity index (χ0v) is 9.93. The molecule has 0 aromatic carbocycles. The Kier molecular flexibility index (Phi) is 3.25. The molecule has 2 atom stereocenters. The maximum Gasteiger partial charge on any atom is 0.0692 e. The van der Waals surface area contributed by atoms with Gasteiger partial charge in [-0.2, -0.15) is 0 Å². The molecule has 0 aliphatic heterocycles. The molecular weight excluding hydrogens is 204 g/mol. The highest BCUT2D eigenvalue weighted by atomic mass is 16.3. The minimum Gasteiger partial charge on any atom is -0.392 e. The standard InChI is InChI=1S/C11H20N4O/c1-11(2)9(8-10(11)16)12-4-3-6-15-7-5-13-14-15/h5,7,9-10,12,16H,3-4,6,8H2,1-2H3. The summed E-state index contributed by atoms with van der Waals surface area (Å²) in [5, 5.41) is 20.7. The fraction of sp³-hybridized carbons (Fsp3) is 0.818. The third kappa shape index (κ3) is 2.25. The van der Waals surface area contributed by atoms with Gasteiger partial charge in [-0.25, -0.2) is 0 Å². The first-order chi connectivity index (χ1) is 7.60. The van der Waals surface area contributed by atoms with E-state index in [0.29, 0.717) is 6.04 Å². The summed E-state index contributed by atoms with van der Waals surface area (Å²) in [4.78, 5) is 0. The zero-order valence-electron chi connectivity index (χ0n) is 9.93. The van der Waals surface area contributed by atoms with Crippen molar-refractivity contribution < 1.29 is 5.11 Å². The van der Waals surface area contributed by atoms with Gasteiger partial charge in [-0.15, -0.1) is 5.10 Å². The monoisotopic (exact) mass is 224 g/mol. The highest BCUT2D eigenvalue weighted by Crippen LogP contribution is 2.40. The van der Waals surface area contributed by atoms with Crippen molar-refractivity contribution in [2.45, 2.75) is 45.4 Å². The molecule has 1 aliphatic rings. The predicted octanol–water partition coefficient (Wildman–Crippen LogP) is 0.417. The predicted molar refractivity (Wildman–Crippen MR) is 60.8 cm³/mol. The molecule has 16 heavy (non-hydrogen) atoms. The molecule has 5 nitrogen and oxygen atoms in total. The number of aryl methyl sites for hydroxylation is 1. The third-order valence-corrected chi connectivity index (χ3v) is 3.64. The average molecular weight is 224 g/mol. The van der Waals surface area contributed by atoms with Crippen LogP contribution in [0.3, 0.4) is 0 Å². The third-order valence-electron chi connectivity index (χ3n) is 3.64. The van der Waals surface area contributed by atoms with Crippen molar-refractivity contribution in [1.82, 2.24) is 20.3 Å². The van der Waals surface area contributed by atoms with Gasteiger partial charge in [0.15, 0.2) is 0 Å². The van der Waals surface area contributed by atoms with Gasteiger partial charge in [-0.3, -0.25) is 4.68 Å². The minimum absolute atomic E-state index is 0.0211. The number of hydrogen-bond acceptors (Lipinski definition) is 4. The summed E-state index contributed by atoms with van der Waals surface area (Å²) in [6, 6.07) is 0.443. The van der Waals surface area contributed by atoms with Crippen LogP contribution in [0.1, 0.15) is 26.7 Å². The summed E-state index contributed by atoms with van der Waals surface area (Å²) in [5.41, 5.74) is 0.0211. The second kappa shape index (κ2) is 4.51. The van der Waals surface area contributed by atoms with Gasteiger partial charge in [-0.1, -0.05) is 19.1 Å². The Morgan fingerprint density at radius 3 is 2.94 bits per heavy atom. The number of nitrogens with zero attached hydrogens (tertiary/aromatic N) is 3. The topological polar surface area (TPSA) is 63.0 Å². The van der Waals surface area contributed by atoms with Gasteiger partial charge >= 0.3 is 0 Å². The summed E-state index contributed by atoms with van der Waals surface area (Å²) >= 11 is 0. The summed E-state index contributed by atoms with van der Waals surface area (Å²) in [6.07, 6.45) is 5.32. The largest absolute Gasteiger partial charge is 0.392 e. The Morgan fingerprint density at radius 1 is 1.56 bits per heavy atom. The Balaban J connectivity index is 1.62. The van der Waals surface area contributed by atoms with Gasteiger partial charge in [0.2, 0.25) is 0 Å². The number of nitrogens with one attached hydrogen (secondary N) is 1. The lowest BCUT2D eigenvalue weighted by Crippen LogP contribution is -2.60. The first-order valence-electron chi connectivity index (χ1n) is 5.86. The SMILES string of the molecule is CC1(C)C(O)CC1NCCCn1ccnn1. The molecule has 0 saturated heterocycles. The van der Waals surface area contributed by atoms with Gasteiger partial charge in [-0.05, 0) is 19.4 Å². The number of rotatable bonds is 5. The van der Waals surface area contributed by atoms with E-state index in [1.54, 1.807) is 6.20 Å². The molecule has 1 fully saturated rings. The summed E-state index contributed by atoms with van der Waals surface area (Å²) in [5.74, 6) is 0. The highest BCUT2D eigenvalue weighted by molar-refractivity contribution is 5.01. The quantitative estimate of drug-likeness (QED) is 0.711. The Bertz CT molecular complexity index is 323.